The number of benzene rings is 1. The van der Waals surface area contributed by atoms with Crippen LogP contribution in [0.15, 0.2) is 33.5 Å². The molecule has 5 atom stereocenters. The molecule has 0 aliphatic carbocycles. The summed E-state index contributed by atoms with van der Waals surface area (Å²) in [6.45, 7) is 1.000. The smallest absolute Gasteiger partial charge is 0.336 e. The highest BCUT2D eigenvalue weighted by molar-refractivity contribution is 5.75. The maximum absolute atomic E-state index is 11.8. The molecule has 29 heavy (non-hydrogen) atoms. The lowest BCUT2D eigenvalue weighted by molar-refractivity contribution is -0.277. The minimum atomic E-state index is -1.66. The highest BCUT2D eigenvalue weighted by Gasteiger charge is 2.45. The number of phenols is 1. The summed E-state index contributed by atoms with van der Waals surface area (Å²) >= 11 is 0. The van der Waals surface area contributed by atoms with Crippen molar-refractivity contribution in [3.05, 3.63) is 40.2 Å². The fourth-order valence-corrected chi connectivity index (χ4v) is 3.15. The third kappa shape index (κ3) is 4.07. The quantitative estimate of drug-likeness (QED) is 0.435. The van der Waals surface area contributed by atoms with E-state index in [4.69, 9.17) is 18.6 Å². The van der Waals surface area contributed by atoms with Crippen molar-refractivity contribution in [3.63, 3.8) is 0 Å². The lowest BCUT2D eigenvalue weighted by atomic mass is 9.99. The van der Waals surface area contributed by atoms with Gasteiger partial charge in [0.05, 0.1) is 19.3 Å². The van der Waals surface area contributed by atoms with Crippen LogP contribution < -0.4 is 15.1 Å². The van der Waals surface area contributed by atoms with Crippen LogP contribution in [0.4, 0.5) is 0 Å². The molecule has 1 aromatic carbocycles. The molecule has 1 saturated heterocycles. The Morgan fingerprint density at radius 2 is 1.79 bits per heavy atom. The monoisotopic (exact) mass is 410 g/mol. The molecular weight excluding hydrogens is 388 g/mol. The van der Waals surface area contributed by atoms with Crippen molar-refractivity contribution < 1.29 is 44.2 Å². The molecule has 10 nitrogen and oxygen atoms in total. The van der Waals surface area contributed by atoms with Gasteiger partial charge in [0.1, 0.15) is 35.9 Å². The summed E-state index contributed by atoms with van der Waals surface area (Å²) in [4.78, 5) is 11.8. The van der Waals surface area contributed by atoms with Crippen molar-refractivity contribution in [1.29, 1.82) is 0 Å². The third-order valence-corrected chi connectivity index (χ3v) is 4.62. The van der Waals surface area contributed by atoms with Gasteiger partial charge in [0, 0.05) is 12.1 Å². The van der Waals surface area contributed by atoms with Crippen LogP contribution in [0.25, 0.3) is 11.3 Å². The Morgan fingerprint density at radius 1 is 1.07 bits per heavy atom. The summed E-state index contributed by atoms with van der Waals surface area (Å²) in [6, 6.07) is 5.19. The molecule has 5 unspecified atom stereocenters. The number of aromatic hydroxyl groups is 1. The van der Waals surface area contributed by atoms with Crippen LogP contribution in [-0.4, -0.2) is 70.0 Å². The summed E-state index contributed by atoms with van der Waals surface area (Å²) < 4.78 is 21.5. The maximum atomic E-state index is 11.8. The van der Waals surface area contributed by atoms with Gasteiger partial charge in [0.2, 0.25) is 6.29 Å². The predicted molar refractivity (Wildman–Crippen MR) is 97.8 cm³/mol. The van der Waals surface area contributed by atoms with Gasteiger partial charge < -0.3 is 44.2 Å². The lowest BCUT2D eigenvalue weighted by Gasteiger charge is -2.39. The zero-order valence-corrected chi connectivity index (χ0v) is 15.7. The van der Waals surface area contributed by atoms with Gasteiger partial charge in [-0.3, -0.25) is 0 Å². The maximum Gasteiger partial charge on any atom is 0.336 e. The average molecular weight is 410 g/mol. The SMILES string of the molecule is COc1ccc(=O)oc1-c1c(C)cc(O)cc1OC1OC(CO)C(O)C(O)C1O. The number of ether oxygens (including phenoxy) is 3. The Balaban J connectivity index is 2.07. The number of aliphatic hydroxyl groups excluding tert-OH is 4. The second-order valence-electron chi connectivity index (χ2n) is 6.60. The molecule has 2 aromatic rings. The van der Waals surface area contributed by atoms with E-state index < -0.39 is 42.9 Å². The standard InChI is InChI=1S/C19H22O10/c1-8-5-9(21)6-11(14(8)18-10(26-2)3-4-13(22)29-18)27-19-17(25)16(24)15(23)12(7-20)28-19/h3-6,12,15-17,19-21,23-25H,7H2,1-2H3. The highest BCUT2D eigenvalue weighted by Crippen LogP contribution is 2.41. The molecule has 1 aromatic heterocycles. The van der Waals surface area contributed by atoms with E-state index in [0.717, 1.165) is 0 Å². The average Bonchev–Trinajstić information content (AvgIpc) is 2.68. The fourth-order valence-electron chi connectivity index (χ4n) is 3.15. The van der Waals surface area contributed by atoms with Gasteiger partial charge in [-0.05, 0) is 24.6 Å². The number of aryl methyl sites for hydroxylation is 1. The fraction of sp³-hybridized carbons (Fsp3) is 0.421. The van der Waals surface area contributed by atoms with Gasteiger partial charge in [0.25, 0.3) is 0 Å². The normalized spacial score (nSPS) is 26.9. The Hall–Kier alpha value is -2.63. The Morgan fingerprint density at radius 3 is 2.45 bits per heavy atom. The molecule has 10 heteroatoms. The molecule has 158 valence electrons. The summed E-state index contributed by atoms with van der Waals surface area (Å²) in [5.41, 5.74) is 0.0543. The van der Waals surface area contributed by atoms with E-state index in [2.05, 4.69) is 0 Å². The molecule has 1 aliphatic heterocycles. The molecule has 2 heterocycles. The summed E-state index contributed by atoms with van der Waals surface area (Å²) in [7, 11) is 1.38. The number of hydrogen-bond acceptors (Lipinski definition) is 10. The van der Waals surface area contributed by atoms with Crippen molar-refractivity contribution >= 4 is 0 Å². The molecule has 3 rings (SSSR count). The zero-order valence-electron chi connectivity index (χ0n) is 15.7. The van der Waals surface area contributed by atoms with E-state index in [1.54, 1.807) is 6.92 Å². The van der Waals surface area contributed by atoms with Crippen molar-refractivity contribution in [3.8, 4) is 28.6 Å². The molecule has 0 radical (unpaired) electrons. The van der Waals surface area contributed by atoms with Crippen LogP contribution in [0.1, 0.15) is 5.56 Å². The van der Waals surface area contributed by atoms with E-state index in [-0.39, 0.29) is 28.6 Å². The van der Waals surface area contributed by atoms with E-state index >= 15 is 0 Å². The van der Waals surface area contributed by atoms with Gasteiger partial charge in [-0.2, -0.15) is 0 Å². The topological polar surface area (TPSA) is 159 Å². The third-order valence-electron chi connectivity index (χ3n) is 4.62. The molecule has 1 aliphatic rings. The van der Waals surface area contributed by atoms with E-state index in [9.17, 15) is 30.3 Å². The van der Waals surface area contributed by atoms with Gasteiger partial charge >= 0.3 is 5.63 Å². The number of phenolic OH excluding ortho intramolecular Hbond substituents is 1. The van der Waals surface area contributed by atoms with Crippen molar-refractivity contribution in [2.45, 2.75) is 37.6 Å². The molecule has 0 saturated carbocycles. The number of hydrogen-bond donors (Lipinski definition) is 5. The lowest BCUT2D eigenvalue weighted by Crippen LogP contribution is -2.60. The first-order chi connectivity index (χ1) is 13.8. The Labute approximate surface area is 165 Å². The Bertz CT molecular complexity index is 922. The van der Waals surface area contributed by atoms with Crippen molar-refractivity contribution in [1.82, 2.24) is 0 Å². The highest BCUT2D eigenvalue weighted by atomic mass is 16.7. The van der Waals surface area contributed by atoms with Crippen LogP contribution in [0.2, 0.25) is 0 Å². The zero-order chi connectivity index (χ0) is 21.3. The summed E-state index contributed by atoms with van der Waals surface area (Å²) in [5.74, 6) is 0.0247. The number of rotatable bonds is 5. The number of methoxy groups -OCH3 is 1. The first-order valence-electron chi connectivity index (χ1n) is 8.76. The predicted octanol–water partition coefficient (Wildman–Crippen LogP) is -0.492. The van der Waals surface area contributed by atoms with Crippen LogP contribution >= 0.6 is 0 Å². The molecule has 1 fully saturated rings. The minimum absolute atomic E-state index is 0.0251. The summed E-state index contributed by atoms with van der Waals surface area (Å²) in [5, 5.41) is 49.4. The second-order valence-corrected chi connectivity index (χ2v) is 6.60. The van der Waals surface area contributed by atoms with Crippen LogP contribution in [-0.2, 0) is 4.74 Å². The van der Waals surface area contributed by atoms with Gasteiger partial charge in [0.15, 0.2) is 11.5 Å². The molecular formula is C19H22O10. The van der Waals surface area contributed by atoms with Gasteiger partial charge in [-0.15, -0.1) is 0 Å². The van der Waals surface area contributed by atoms with Gasteiger partial charge in [-0.1, -0.05) is 0 Å². The van der Waals surface area contributed by atoms with E-state index in [1.165, 1.54) is 31.4 Å². The molecule has 0 spiro atoms. The number of aliphatic hydroxyl groups is 4. The Kier molecular flexibility index (Phi) is 6.10. The molecule has 5 N–H and O–H groups in total. The van der Waals surface area contributed by atoms with E-state index in [1.807, 2.05) is 0 Å². The molecule has 0 amide bonds. The van der Waals surface area contributed by atoms with Crippen LogP contribution in [0, 0.1) is 6.92 Å². The van der Waals surface area contributed by atoms with Crippen molar-refractivity contribution in [2.24, 2.45) is 0 Å². The largest absolute Gasteiger partial charge is 0.508 e. The van der Waals surface area contributed by atoms with Crippen molar-refractivity contribution in [2.75, 3.05) is 13.7 Å². The van der Waals surface area contributed by atoms with Crippen LogP contribution in [0.5, 0.6) is 17.2 Å². The van der Waals surface area contributed by atoms with Gasteiger partial charge in [-0.25, -0.2) is 4.79 Å². The first-order valence-corrected chi connectivity index (χ1v) is 8.76. The first kappa shape index (κ1) is 21.1. The van der Waals surface area contributed by atoms with Crippen LogP contribution in [0.3, 0.4) is 0 Å². The van der Waals surface area contributed by atoms with E-state index in [0.29, 0.717) is 5.56 Å². The summed E-state index contributed by atoms with van der Waals surface area (Å²) in [6.07, 6.45) is -7.52. The molecule has 0 bridgehead atoms. The minimum Gasteiger partial charge on any atom is -0.508 e. The second kappa shape index (κ2) is 8.39.